The summed E-state index contributed by atoms with van der Waals surface area (Å²) in [6.45, 7) is 4.13. The number of hydrogen-bond acceptors (Lipinski definition) is 3. The second-order valence-corrected chi connectivity index (χ2v) is 5.96. The lowest BCUT2D eigenvalue weighted by Crippen LogP contribution is -2.17. The van der Waals surface area contributed by atoms with Gasteiger partial charge in [-0.25, -0.2) is 4.98 Å². The molecule has 0 bridgehead atoms. The number of nitrogens with zero attached hydrogens (tertiary/aromatic N) is 1. The zero-order valence-corrected chi connectivity index (χ0v) is 12.3. The predicted octanol–water partition coefficient (Wildman–Crippen LogP) is 3.57. The first-order valence-corrected chi connectivity index (χ1v) is 7.51. The molecule has 0 aliphatic rings. The Labute approximate surface area is 119 Å². The molecular formula is C16H20N2S. The van der Waals surface area contributed by atoms with Crippen molar-refractivity contribution in [2.45, 2.75) is 37.1 Å². The number of rotatable bonds is 5. The Bertz CT molecular complexity index is 521. The van der Waals surface area contributed by atoms with Crippen molar-refractivity contribution < 1.29 is 0 Å². The zero-order valence-electron chi connectivity index (χ0n) is 11.5. The minimum atomic E-state index is 0.188. The van der Waals surface area contributed by atoms with Crippen molar-refractivity contribution in [3.05, 3.63) is 59.3 Å². The number of aromatic nitrogens is 1. The molecule has 2 rings (SSSR count). The highest BCUT2D eigenvalue weighted by atomic mass is 32.2. The second-order valence-electron chi connectivity index (χ2n) is 4.96. The predicted molar refractivity (Wildman–Crippen MR) is 82.3 cm³/mol. The smallest absolute Gasteiger partial charge is 0.0963 e. The van der Waals surface area contributed by atoms with Crippen LogP contribution in [0.1, 0.15) is 23.6 Å². The molecule has 0 fully saturated rings. The van der Waals surface area contributed by atoms with Gasteiger partial charge in [-0.1, -0.05) is 35.9 Å². The number of benzene rings is 1. The van der Waals surface area contributed by atoms with E-state index in [1.54, 1.807) is 11.8 Å². The fraction of sp³-hybridized carbons (Fsp3) is 0.312. The minimum Gasteiger partial charge on any atom is -0.328 e. The first-order chi connectivity index (χ1) is 9.13. The van der Waals surface area contributed by atoms with Crippen LogP contribution in [-0.4, -0.2) is 11.0 Å². The van der Waals surface area contributed by atoms with Crippen molar-refractivity contribution in [1.82, 2.24) is 4.98 Å². The minimum absolute atomic E-state index is 0.188. The van der Waals surface area contributed by atoms with Gasteiger partial charge in [-0.3, -0.25) is 0 Å². The Morgan fingerprint density at radius 3 is 2.68 bits per heavy atom. The summed E-state index contributed by atoms with van der Waals surface area (Å²) >= 11 is 1.77. The molecule has 0 aliphatic carbocycles. The maximum atomic E-state index is 5.78. The maximum Gasteiger partial charge on any atom is 0.0963 e. The normalized spacial score (nSPS) is 12.4. The summed E-state index contributed by atoms with van der Waals surface area (Å²) in [5, 5.41) is 1.06. The van der Waals surface area contributed by atoms with Gasteiger partial charge in [-0.05, 0) is 37.5 Å². The SMILES string of the molecule is Cc1cccc(CSc2ccc(CC(C)N)cn2)c1. The molecule has 0 saturated carbocycles. The fourth-order valence-electron chi connectivity index (χ4n) is 1.95. The highest BCUT2D eigenvalue weighted by molar-refractivity contribution is 7.98. The molecule has 2 N–H and O–H groups in total. The third-order valence-corrected chi connectivity index (χ3v) is 3.84. The molecule has 19 heavy (non-hydrogen) atoms. The monoisotopic (exact) mass is 272 g/mol. The van der Waals surface area contributed by atoms with Gasteiger partial charge in [0.25, 0.3) is 0 Å². The highest BCUT2D eigenvalue weighted by Gasteiger charge is 2.01. The summed E-state index contributed by atoms with van der Waals surface area (Å²) in [4.78, 5) is 4.48. The molecule has 3 heteroatoms. The molecule has 1 aromatic carbocycles. The summed E-state index contributed by atoms with van der Waals surface area (Å²) < 4.78 is 0. The van der Waals surface area contributed by atoms with Gasteiger partial charge >= 0.3 is 0 Å². The Balaban J connectivity index is 1.93. The van der Waals surface area contributed by atoms with Gasteiger partial charge in [0.05, 0.1) is 5.03 Å². The molecule has 0 amide bonds. The van der Waals surface area contributed by atoms with E-state index in [2.05, 4.69) is 48.3 Å². The van der Waals surface area contributed by atoms with E-state index in [9.17, 15) is 0 Å². The lowest BCUT2D eigenvalue weighted by atomic mass is 10.1. The van der Waals surface area contributed by atoms with Crippen LogP contribution >= 0.6 is 11.8 Å². The Hall–Kier alpha value is -1.32. The molecule has 1 atom stereocenters. The highest BCUT2D eigenvalue weighted by Crippen LogP contribution is 2.21. The van der Waals surface area contributed by atoms with Crippen molar-refractivity contribution in [3.8, 4) is 0 Å². The van der Waals surface area contributed by atoms with Crippen molar-refractivity contribution >= 4 is 11.8 Å². The van der Waals surface area contributed by atoms with Crippen LogP contribution in [0.25, 0.3) is 0 Å². The van der Waals surface area contributed by atoms with Crippen LogP contribution in [0.4, 0.5) is 0 Å². The summed E-state index contributed by atoms with van der Waals surface area (Å²) in [5.41, 5.74) is 9.63. The van der Waals surface area contributed by atoms with Gasteiger partial charge in [0.15, 0.2) is 0 Å². The number of nitrogens with two attached hydrogens (primary N) is 1. The quantitative estimate of drug-likeness (QED) is 0.846. The molecule has 1 aromatic heterocycles. The van der Waals surface area contributed by atoms with E-state index in [-0.39, 0.29) is 6.04 Å². The molecule has 2 nitrogen and oxygen atoms in total. The van der Waals surface area contributed by atoms with Gasteiger partial charge in [0.1, 0.15) is 0 Å². The molecule has 0 radical (unpaired) electrons. The number of thioether (sulfide) groups is 1. The van der Waals surface area contributed by atoms with E-state index in [4.69, 9.17) is 5.73 Å². The molecular weight excluding hydrogens is 252 g/mol. The first-order valence-electron chi connectivity index (χ1n) is 6.52. The molecule has 0 spiro atoms. The van der Waals surface area contributed by atoms with Crippen molar-refractivity contribution in [1.29, 1.82) is 0 Å². The fourth-order valence-corrected chi connectivity index (χ4v) is 2.73. The van der Waals surface area contributed by atoms with Crippen molar-refractivity contribution in [2.24, 2.45) is 5.73 Å². The lowest BCUT2D eigenvalue weighted by molar-refractivity contribution is 0.734. The first kappa shape index (κ1) is 14.1. The third kappa shape index (κ3) is 4.69. The van der Waals surface area contributed by atoms with Crippen molar-refractivity contribution in [2.75, 3.05) is 0 Å². The molecule has 0 aliphatic heterocycles. The average molecular weight is 272 g/mol. The van der Waals surface area contributed by atoms with Gasteiger partial charge in [-0.2, -0.15) is 0 Å². The van der Waals surface area contributed by atoms with Crippen LogP contribution in [0, 0.1) is 6.92 Å². The number of hydrogen-bond donors (Lipinski definition) is 1. The summed E-state index contributed by atoms with van der Waals surface area (Å²) in [6.07, 6.45) is 2.82. The zero-order chi connectivity index (χ0) is 13.7. The Kier molecular flexibility index (Phi) is 5.00. The summed E-state index contributed by atoms with van der Waals surface area (Å²) in [7, 11) is 0. The molecule has 100 valence electrons. The van der Waals surface area contributed by atoms with Crippen molar-refractivity contribution in [3.63, 3.8) is 0 Å². The van der Waals surface area contributed by atoms with E-state index in [1.807, 2.05) is 13.1 Å². The standard InChI is InChI=1S/C16H20N2S/c1-12-4-3-5-15(8-12)11-19-16-7-6-14(10-18-16)9-13(2)17/h3-8,10,13H,9,11,17H2,1-2H3. The molecule has 1 heterocycles. The molecule has 0 saturated heterocycles. The van der Waals surface area contributed by atoms with Gasteiger partial charge < -0.3 is 5.73 Å². The number of aryl methyl sites for hydroxylation is 1. The van der Waals surface area contributed by atoms with E-state index >= 15 is 0 Å². The summed E-state index contributed by atoms with van der Waals surface area (Å²) in [5.74, 6) is 0.960. The third-order valence-electron chi connectivity index (χ3n) is 2.82. The van der Waals surface area contributed by atoms with Crippen LogP contribution in [0.3, 0.4) is 0 Å². The van der Waals surface area contributed by atoms with E-state index in [1.165, 1.54) is 16.7 Å². The number of pyridine rings is 1. The van der Waals surface area contributed by atoms with E-state index in [0.717, 1.165) is 17.2 Å². The van der Waals surface area contributed by atoms with E-state index < -0.39 is 0 Å². The second kappa shape index (κ2) is 6.73. The molecule has 1 unspecified atom stereocenters. The Morgan fingerprint density at radius 1 is 1.21 bits per heavy atom. The van der Waals surface area contributed by atoms with Crippen LogP contribution in [-0.2, 0) is 12.2 Å². The summed E-state index contributed by atoms with van der Waals surface area (Å²) in [6, 6.07) is 13.0. The topological polar surface area (TPSA) is 38.9 Å². The lowest BCUT2D eigenvalue weighted by Gasteiger charge is -2.06. The van der Waals surface area contributed by atoms with Crippen LogP contribution in [0.5, 0.6) is 0 Å². The van der Waals surface area contributed by atoms with Crippen LogP contribution in [0.15, 0.2) is 47.6 Å². The van der Waals surface area contributed by atoms with E-state index in [0.29, 0.717) is 0 Å². The van der Waals surface area contributed by atoms with Gasteiger partial charge in [0.2, 0.25) is 0 Å². The maximum absolute atomic E-state index is 5.78. The Morgan fingerprint density at radius 2 is 2.05 bits per heavy atom. The molecule has 2 aromatic rings. The largest absolute Gasteiger partial charge is 0.328 e. The average Bonchev–Trinajstić information content (AvgIpc) is 2.37. The van der Waals surface area contributed by atoms with Crippen LogP contribution < -0.4 is 5.73 Å². The van der Waals surface area contributed by atoms with Crippen LogP contribution in [0.2, 0.25) is 0 Å². The van der Waals surface area contributed by atoms with Gasteiger partial charge in [-0.15, -0.1) is 11.8 Å². The van der Waals surface area contributed by atoms with Gasteiger partial charge in [0, 0.05) is 18.0 Å².